The Labute approximate surface area is 161 Å². The van der Waals surface area contributed by atoms with Gasteiger partial charge in [0.15, 0.2) is 17.3 Å². The number of benzene rings is 1. The van der Waals surface area contributed by atoms with Gasteiger partial charge in [-0.05, 0) is 30.3 Å². The number of methoxy groups -OCH3 is 2. The largest absolute Gasteiger partial charge is 0.493 e. The molecule has 9 heteroatoms. The molecule has 1 saturated heterocycles. The summed E-state index contributed by atoms with van der Waals surface area (Å²) in [7, 11) is 3.16. The molecular weight excluding hydrogens is 364 g/mol. The minimum absolute atomic E-state index is 0.110. The minimum atomic E-state index is -0.110. The first kappa shape index (κ1) is 17.9. The molecule has 28 heavy (non-hydrogen) atoms. The van der Waals surface area contributed by atoms with E-state index in [9.17, 15) is 4.79 Å². The summed E-state index contributed by atoms with van der Waals surface area (Å²) in [5.41, 5.74) is 0.763. The smallest absolute Gasteiger partial charge is 0.324 e. The van der Waals surface area contributed by atoms with Crippen molar-refractivity contribution in [3.63, 3.8) is 0 Å². The molecule has 0 radical (unpaired) electrons. The van der Waals surface area contributed by atoms with Crippen LogP contribution in [0.3, 0.4) is 0 Å². The zero-order valence-electron chi connectivity index (χ0n) is 15.6. The SMILES string of the molecule is COc1ccc(-c2noc(N3CCN(C(=O)c4ccco4)CC3)n2)cc1OC. The number of aromatic nitrogens is 2. The Kier molecular flexibility index (Phi) is 4.88. The third kappa shape index (κ3) is 3.38. The van der Waals surface area contributed by atoms with E-state index in [4.69, 9.17) is 18.4 Å². The van der Waals surface area contributed by atoms with Crippen LogP contribution in [0.15, 0.2) is 45.5 Å². The van der Waals surface area contributed by atoms with E-state index in [0.29, 0.717) is 55.3 Å². The van der Waals surface area contributed by atoms with E-state index in [2.05, 4.69) is 10.1 Å². The van der Waals surface area contributed by atoms with E-state index in [1.54, 1.807) is 43.4 Å². The number of carbonyl (C=O) groups is 1. The Hall–Kier alpha value is -3.49. The lowest BCUT2D eigenvalue weighted by Crippen LogP contribution is -2.48. The minimum Gasteiger partial charge on any atom is -0.493 e. The summed E-state index contributed by atoms with van der Waals surface area (Å²) >= 11 is 0. The number of furan rings is 1. The predicted octanol–water partition coefficient (Wildman–Crippen LogP) is 2.31. The van der Waals surface area contributed by atoms with E-state index in [1.165, 1.54) is 6.26 Å². The summed E-state index contributed by atoms with van der Waals surface area (Å²) in [4.78, 5) is 20.5. The highest BCUT2D eigenvalue weighted by molar-refractivity contribution is 5.91. The fraction of sp³-hybridized carbons (Fsp3) is 0.316. The molecule has 1 fully saturated rings. The van der Waals surface area contributed by atoms with Gasteiger partial charge in [0.2, 0.25) is 5.82 Å². The summed E-state index contributed by atoms with van der Waals surface area (Å²) < 4.78 is 21.2. The molecule has 0 saturated carbocycles. The highest BCUT2D eigenvalue weighted by Gasteiger charge is 2.26. The maximum absolute atomic E-state index is 12.3. The van der Waals surface area contributed by atoms with Gasteiger partial charge >= 0.3 is 6.01 Å². The Morgan fingerprint density at radius 1 is 1.07 bits per heavy atom. The zero-order valence-corrected chi connectivity index (χ0v) is 15.6. The van der Waals surface area contributed by atoms with Crippen molar-refractivity contribution in [3.05, 3.63) is 42.4 Å². The number of nitrogens with zero attached hydrogens (tertiary/aromatic N) is 4. The topological polar surface area (TPSA) is 94.1 Å². The van der Waals surface area contributed by atoms with Crippen molar-refractivity contribution in [3.8, 4) is 22.9 Å². The average Bonchev–Trinajstić information content (AvgIpc) is 3.45. The van der Waals surface area contributed by atoms with Crippen LogP contribution in [-0.4, -0.2) is 61.3 Å². The molecule has 0 atom stereocenters. The zero-order chi connectivity index (χ0) is 19.5. The Bertz CT molecular complexity index is 945. The van der Waals surface area contributed by atoms with Crippen molar-refractivity contribution in [2.45, 2.75) is 0 Å². The summed E-state index contributed by atoms with van der Waals surface area (Å²) in [5.74, 6) is 1.93. The number of amides is 1. The van der Waals surface area contributed by atoms with Gasteiger partial charge in [0.25, 0.3) is 5.91 Å². The summed E-state index contributed by atoms with van der Waals surface area (Å²) in [6.45, 7) is 2.29. The van der Waals surface area contributed by atoms with Crippen molar-refractivity contribution in [1.82, 2.24) is 15.0 Å². The molecular formula is C19H20N4O5. The molecule has 0 unspecified atom stereocenters. The van der Waals surface area contributed by atoms with E-state index in [-0.39, 0.29) is 5.91 Å². The van der Waals surface area contributed by atoms with E-state index >= 15 is 0 Å². The maximum atomic E-state index is 12.3. The Balaban J connectivity index is 1.43. The van der Waals surface area contributed by atoms with Crippen LogP contribution in [0.5, 0.6) is 11.5 Å². The molecule has 1 aliphatic heterocycles. The number of hydrogen-bond acceptors (Lipinski definition) is 8. The number of carbonyl (C=O) groups excluding carboxylic acids is 1. The summed E-state index contributed by atoms with van der Waals surface area (Å²) in [6.07, 6.45) is 1.50. The molecule has 2 aromatic heterocycles. The van der Waals surface area contributed by atoms with Crippen LogP contribution in [0.4, 0.5) is 6.01 Å². The first-order valence-electron chi connectivity index (χ1n) is 8.83. The van der Waals surface area contributed by atoms with Gasteiger partial charge in [-0.25, -0.2) is 0 Å². The maximum Gasteiger partial charge on any atom is 0.324 e. The average molecular weight is 384 g/mol. The van der Waals surface area contributed by atoms with Gasteiger partial charge in [-0.1, -0.05) is 5.16 Å². The standard InChI is InChI=1S/C19H20N4O5/c1-25-14-6-5-13(12-16(14)26-2)17-20-19(28-21-17)23-9-7-22(8-10-23)18(24)15-4-3-11-27-15/h3-6,11-12H,7-10H2,1-2H3. The third-order valence-corrected chi connectivity index (χ3v) is 4.63. The molecule has 1 amide bonds. The molecule has 3 heterocycles. The molecule has 9 nitrogen and oxygen atoms in total. The van der Waals surface area contributed by atoms with Gasteiger partial charge in [0.05, 0.1) is 20.5 Å². The lowest BCUT2D eigenvalue weighted by atomic mass is 10.2. The van der Waals surface area contributed by atoms with Gasteiger partial charge in [-0.2, -0.15) is 4.98 Å². The fourth-order valence-corrected chi connectivity index (χ4v) is 3.09. The van der Waals surface area contributed by atoms with Crippen molar-refractivity contribution < 1.29 is 23.2 Å². The quantitative estimate of drug-likeness (QED) is 0.661. The second-order valence-electron chi connectivity index (χ2n) is 6.23. The fourth-order valence-electron chi connectivity index (χ4n) is 3.09. The van der Waals surface area contributed by atoms with E-state index in [0.717, 1.165) is 5.56 Å². The summed E-state index contributed by atoms with van der Waals surface area (Å²) in [6, 6.07) is 9.24. The third-order valence-electron chi connectivity index (χ3n) is 4.63. The first-order chi connectivity index (χ1) is 13.7. The van der Waals surface area contributed by atoms with Crippen LogP contribution in [0.2, 0.25) is 0 Å². The number of ether oxygens (including phenoxy) is 2. The highest BCUT2D eigenvalue weighted by Crippen LogP contribution is 2.31. The number of piperazine rings is 1. The lowest BCUT2D eigenvalue weighted by Gasteiger charge is -2.32. The van der Waals surface area contributed by atoms with Gasteiger partial charge in [-0.15, -0.1) is 0 Å². The van der Waals surface area contributed by atoms with Crippen molar-refractivity contribution in [2.75, 3.05) is 45.3 Å². The molecule has 0 spiro atoms. The van der Waals surface area contributed by atoms with Crippen molar-refractivity contribution in [2.24, 2.45) is 0 Å². The normalized spacial score (nSPS) is 14.2. The van der Waals surface area contributed by atoms with Crippen LogP contribution in [0.25, 0.3) is 11.4 Å². The van der Waals surface area contributed by atoms with Crippen LogP contribution in [0, 0.1) is 0 Å². The van der Waals surface area contributed by atoms with E-state index < -0.39 is 0 Å². The molecule has 0 aliphatic carbocycles. The van der Waals surface area contributed by atoms with Crippen molar-refractivity contribution in [1.29, 1.82) is 0 Å². The Morgan fingerprint density at radius 2 is 1.86 bits per heavy atom. The first-order valence-corrected chi connectivity index (χ1v) is 8.83. The molecule has 146 valence electrons. The second kappa shape index (κ2) is 7.63. The summed E-state index contributed by atoms with van der Waals surface area (Å²) in [5, 5.41) is 4.07. The molecule has 0 bridgehead atoms. The lowest BCUT2D eigenvalue weighted by molar-refractivity contribution is 0.0712. The monoisotopic (exact) mass is 384 g/mol. The van der Waals surface area contributed by atoms with Crippen LogP contribution >= 0.6 is 0 Å². The van der Waals surface area contributed by atoms with Crippen LogP contribution in [-0.2, 0) is 0 Å². The second-order valence-corrected chi connectivity index (χ2v) is 6.23. The van der Waals surface area contributed by atoms with Gasteiger partial charge < -0.3 is 28.2 Å². The molecule has 1 aromatic carbocycles. The van der Waals surface area contributed by atoms with Crippen LogP contribution in [0.1, 0.15) is 10.6 Å². The predicted molar refractivity (Wildman–Crippen MR) is 99.7 cm³/mol. The highest BCUT2D eigenvalue weighted by atomic mass is 16.5. The molecule has 4 rings (SSSR count). The molecule has 0 N–H and O–H groups in total. The molecule has 1 aliphatic rings. The van der Waals surface area contributed by atoms with Gasteiger partial charge in [0.1, 0.15) is 0 Å². The van der Waals surface area contributed by atoms with Crippen LogP contribution < -0.4 is 14.4 Å². The Morgan fingerprint density at radius 3 is 2.54 bits per heavy atom. The number of rotatable bonds is 5. The number of anilines is 1. The molecule has 3 aromatic rings. The van der Waals surface area contributed by atoms with Crippen molar-refractivity contribution >= 4 is 11.9 Å². The van der Waals surface area contributed by atoms with Gasteiger partial charge in [0, 0.05) is 31.7 Å². The van der Waals surface area contributed by atoms with Gasteiger partial charge in [-0.3, -0.25) is 4.79 Å². The number of hydrogen-bond donors (Lipinski definition) is 0. The van der Waals surface area contributed by atoms with E-state index in [1.807, 2.05) is 11.0 Å².